The maximum absolute atomic E-state index is 12.1. The molecule has 0 amide bonds. The Hall–Kier alpha value is -1.82. The van der Waals surface area contributed by atoms with Gasteiger partial charge < -0.3 is 14.6 Å². The van der Waals surface area contributed by atoms with Crippen molar-refractivity contribution in [3.8, 4) is 0 Å². The summed E-state index contributed by atoms with van der Waals surface area (Å²) in [6.07, 6.45) is 3.51. The molecule has 0 saturated carbocycles. The number of aryl methyl sites for hydroxylation is 1. The fourth-order valence-corrected chi connectivity index (χ4v) is 2.91. The number of aromatic amines is 1. The average Bonchev–Trinajstić information content (AvgIpc) is 2.71. The Kier molecular flexibility index (Phi) is 1.89. The first-order valence-corrected chi connectivity index (χ1v) is 6.16. The minimum atomic E-state index is 0.0129. The summed E-state index contributed by atoms with van der Waals surface area (Å²) in [7, 11) is 1.78. The highest BCUT2D eigenvalue weighted by molar-refractivity contribution is 5.76. The number of nitrogens with zero attached hydrogens (tertiary/aromatic N) is 3. The molecular weight excluding hydrogens is 232 g/mol. The molecule has 0 spiro atoms. The van der Waals surface area contributed by atoms with Crippen LogP contribution < -0.4 is 10.3 Å². The topological polar surface area (TPSA) is 63.1 Å². The van der Waals surface area contributed by atoms with Crippen molar-refractivity contribution in [1.29, 1.82) is 0 Å². The second-order valence-corrected chi connectivity index (χ2v) is 5.07. The van der Waals surface area contributed by atoms with E-state index in [4.69, 9.17) is 4.74 Å². The number of morpholine rings is 1. The summed E-state index contributed by atoms with van der Waals surface area (Å²) in [6, 6.07) is 1.66. The number of ether oxygens (including phenoxy) is 1. The second kappa shape index (κ2) is 3.35. The molecule has 3 aliphatic heterocycles. The van der Waals surface area contributed by atoms with E-state index in [-0.39, 0.29) is 5.43 Å². The van der Waals surface area contributed by atoms with Gasteiger partial charge in [-0.25, -0.2) is 0 Å². The molecular formula is C12H14N4O2. The normalized spacial score (nSPS) is 26.4. The zero-order valence-corrected chi connectivity index (χ0v) is 10.1. The SMILES string of the molecule is Cn1ncc2[nH]c(N3CC4CC(C3)O4)cc(=O)c21. The molecule has 5 rings (SSSR count). The van der Waals surface area contributed by atoms with E-state index in [2.05, 4.69) is 15.0 Å². The summed E-state index contributed by atoms with van der Waals surface area (Å²) >= 11 is 0. The van der Waals surface area contributed by atoms with Crippen LogP contribution in [-0.4, -0.2) is 40.1 Å². The minimum absolute atomic E-state index is 0.0129. The third-order valence-electron chi connectivity index (χ3n) is 3.80. The molecule has 0 aliphatic carbocycles. The number of aromatic nitrogens is 3. The summed E-state index contributed by atoms with van der Waals surface area (Å²) in [6.45, 7) is 1.72. The van der Waals surface area contributed by atoms with E-state index in [9.17, 15) is 4.79 Å². The number of hydrogen-bond donors (Lipinski definition) is 1. The van der Waals surface area contributed by atoms with Crippen LogP contribution in [0, 0.1) is 0 Å². The number of rotatable bonds is 1. The highest BCUT2D eigenvalue weighted by atomic mass is 16.5. The predicted molar refractivity (Wildman–Crippen MR) is 66.8 cm³/mol. The number of nitrogens with one attached hydrogen (secondary N) is 1. The fourth-order valence-electron chi connectivity index (χ4n) is 2.91. The number of pyridine rings is 1. The van der Waals surface area contributed by atoms with Crippen LogP contribution in [-0.2, 0) is 11.8 Å². The Morgan fingerprint density at radius 3 is 2.89 bits per heavy atom. The first-order valence-electron chi connectivity index (χ1n) is 6.16. The molecule has 0 radical (unpaired) electrons. The monoisotopic (exact) mass is 246 g/mol. The van der Waals surface area contributed by atoms with Crippen molar-refractivity contribution in [3.63, 3.8) is 0 Å². The zero-order chi connectivity index (χ0) is 12.3. The maximum Gasteiger partial charge on any atom is 0.209 e. The van der Waals surface area contributed by atoms with Crippen molar-refractivity contribution in [1.82, 2.24) is 14.8 Å². The molecule has 3 fully saturated rings. The highest BCUT2D eigenvalue weighted by Crippen LogP contribution is 2.30. The lowest BCUT2D eigenvalue weighted by molar-refractivity contribution is -0.133. The number of anilines is 1. The van der Waals surface area contributed by atoms with Gasteiger partial charge in [-0.15, -0.1) is 0 Å². The highest BCUT2D eigenvalue weighted by Gasteiger charge is 2.38. The van der Waals surface area contributed by atoms with E-state index in [0.717, 1.165) is 30.8 Å². The van der Waals surface area contributed by atoms with Gasteiger partial charge in [-0.1, -0.05) is 0 Å². The van der Waals surface area contributed by atoms with Crippen LogP contribution in [0.25, 0.3) is 11.0 Å². The van der Waals surface area contributed by atoms with E-state index in [0.29, 0.717) is 17.7 Å². The van der Waals surface area contributed by atoms with Crippen molar-refractivity contribution >= 4 is 16.9 Å². The Balaban J connectivity index is 1.79. The van der Waals surface area contributed by atoms with Gasteiger partial charge in [0.2, 0.25) is 5.43 Å². The third-order valence-corrected chi connectivity index (χ3v) is 3.80. The first kappa shape index (κ1) is 10.1. The van der Waals surface area contributed by atoms with Gasteiger partial charge in [0, 0.05) is 32.6 Å². The summed E-state index contributed by atoms with van der Waals surface area (Å²) in [5.41, 5.74) is 1.43. The molecule has 2 bridgehead atoms. The second-order valence-electron chi connectivity index (χ2n) is 5.07. The minimum Gasteiger partial charge on any atom is -0.371 e. The molecule has 6 nitrogen and oxygen atoms in total. The zero-order valence-electron chi connectivity index (χ0n) is 10.1. The van der Waals surface area contributed by atoms with Gasteiger partial charge in [-0.3, -0.25) is 9.48 Å². The van der Waals surface area contributed by atoms with Gasteiger partial charge in [0.15, 0.2) is 0 Å². The number of H-pyrrole nitrogens is 1. The third kappa shape index (κ3) is 1.32. The van der Waals surface area contributed by atoms with Gasteiger partial charge >= 0.3 is 0 Å². The van der Waals surface area contributed by atoms with Crippen molar-refractivity contribution in [2.45, 2.75) is 18.6 Å². The van der Waals surface area contributed by atoms with Crippen LogP contribution in [0.3, 0.4) is 0 Å². The Labute approximate surface area is 103 Å². The van der Waals surface area contributed by atoms with E-state index >= 15 is 0 Å². The predicted octanol–water partition coefficient (Wildman–Crippen LogP) is 0.239. The summed E-state index contributed by atoms with van der Waals surface area (Å²) in [4.78, 5) is 17.6. The maximum atomic E-state index is 12.1. The lowest BCUT2D eigenvalue weighted by Gasteiger charge is -2.47. The summed E-state index contributed by atoms with van der Waals surface area (Å²) < 4.78 is 7.20. The van der Waals surface area contributed by atoms with Gasteiger partial charge in [-0.05, 0) is 0 Å². The smallest absolute Gasteiger partial charge is 0.209 e. The number of fused-ring (bicyclic) bond motifs is 3. The number of hydrogen-bond acceptors (Lipinski definition) is 4. The molecule has 2 aromatic rings. The lowest BCUT2D eigenvalue weighted by Crippen LogP contribution is -2.57. The largest absolute Gasteiger partial charge is 0.371 e. The standard InChI is InChI=1S/C12H14N4O2/c1-15-12-9(4-13-15)14-11(3-10(12)17)16-5-7-2-8(6-16)18-7/h3-4,7-8H,2,5-6H2,1H3,(H,14,17). The van der Waals surface area contributed by atoms with E-state index in [1.165, 1.54) is 0 Å². The van der Waals surface area contributed by atoms with Gasteiger partial charge in [0.05, 0.1) is 23.9 Å². The molecule has 18 heavy (non-hydrogen) atoms. The molecule has 0 aromatic carbocycles. The van der Waals surface area contributed by atoms with Crippen molar-refractivity contribution in [2.24, 2.45) is 7.05 Å². The van der Waals surface area contributed by atoms with Gasteiger partial charge in [0.25, 0.3) is 0 Å². The molecule has 2 aromatic heterocycles. The van der Waals surface area contributed by atoms with E-state index < -0.39 is 0 Å². The van der Waals surface area contributed by atoms with E-state index in [1.807, 2.05) is 0 Å². The summed E-state index contributed by atoms with van der Waals surface area (Å²) in [5, 5.41) is 4.11. The Morgan fingerprint density at radius 1 is 1.44 bits per heavy atom. The van der Waals surface area contributed by atoms with Crippen LogP contribution in [0.2, 0.25) is 0 Å². The molecule has 5 heterocycles. The average molecular weight is 246 g/mol. The summed E-state index contributed by atoms with van der Waals surface area (Å²) in [5.74, 6) is 0.874. The first-order chi connectivity index (χ1) is 8.70. The van der Waals surface area contributed by atoms with E-state index in [1.54, 1.807) is 24.0 Å². The molecule has 2 atom stereocenters. The van der Waals surface area contributed by atoms with Gasteiger partial charge in [-0.2, -0.15) is 5.10 Å². The fraction of sp³-hybridized carbons (Fsp3) is 0.500. The molecule has 94 valence electrons. The molecule has 3 aliphatic rings. The van der Waals surface area contributed by atoms with Crippen LogP contribution >= 0.6 is 0 Å². The number of piperidine rings is 1. The van der Waals surface area contributed by atoms with Crippen LogP contribution in [0.5, 0.6) is 0 Å². The molecule has 2 unspecified atom stereocenters. The molecule has 6 heteroatoms. The Bertz CT molecular complexity index is 658. The van der Waals surface area contributed by atoms with Crippen molar-refractivity contribution in [2.75, 3.05) is 18.0 Å². The van der Waals surface area contributed by atoms with Gasteiger partial charge in [0.1, 0.15) is 11.3 Å². The van der Waals surface area contributed by atoms with Crippen LogP contribution in [0.15, 0.2) is 17.1 Å². The molecule has 3 saturated heterocycles. The van der Waals surface area contributed by atoms with Crippen LogP contribution in [0.1, 0.15) is 6.42 Å². The van der Waals surface area contributed by atoms with Crippen LogP contribution in [0.4, 0.5) is 5.82 Å². The van der Waals surface area contributed by atoms with Crippen molar-refractivity contribution in [3.05, 3.63) is 22.5 Å². The van der Waals surface area contributed by atoms with Crippen molar-refractivity contribution < 1.29 is 4.74 Å². The molecule has 1 N–H and O–H groups in total. The quantitative estimate of drug-likeness (QED) is 0.783. The Morgan fingerprint density at radius 2 is 2.17 bits per heavy atom. The lowest BCUT2D eigenvalue weighted by atomic mass is 9.99.